The monoisotopic (exact) mass is 129 g/mol. The van der Waals surface area contributed by atoms with Gasteiger partial charge in [0.1, 0.15) is 0 Å². The zero-order valence-electron chi connectivity index (χ0n) is 6.85. The summed E-state index contributed by atoms with van der Waals surface area (Å²) in [6, 6.07) is 0. The standard InChI is InChI=1S/C8H19N/c1-4-8(6-9)5-7(2)3/h7-8H,4-6,9H2,1-3H3. The van der Waals surface area contributed by atoms with E-state index in [1.807, 2.05) is 0 Å². The minimum absolute atomic E-state index is 0.755. The topological polar surface area (TPSA) is 26.0 Å². The van der Waals surface area contributed by atoms with Crippen LogP contribution in [0.3, 0.4) is 0 Å². The Kier molecular flexibility index (Phi) is 4.78. The Morgan fingerprint density at radius 3 is 2.00 bits per heavy atom. The average Bonchev–Trinajstić information content (AvgIpc) is 1.82. The van der Waals surface area contributed by atoms with Crippen molar-refractivity contribution in [3.8, 4) is 0 Å². The molecule has 0 spiro atoms. The minimum atomic E-state index is 0.755. The first-order valence-corrected chi connectivity index (χ1v) is 3.90. The molecule has 0 aliphatic heterocycles. The summed E-state index contributed by atoms with van der Waals surface area (Å²) in [4.78, 5) is 0. The Hall–Kier alpha value is -0.0400. The molecule has 0 bridgehead atoms. The van der Waals surface area contributed by atoms with Gasteiger partial charge in [-0.3, -0.25) is 0 Å². The van der Waals surface area contributed by atoms with Gasteiger partial charge in [0.15, 0.2) is 0 Å². The molecule has 0 aliphatic carbocycles. The van der Waals surface area contributed by atoms with E-state index in [1.165, 1.54) is 12.8 Å². The van der Waals surface area contributed by atoms with Crippen molar-refractivity contribution in [1.29, 1.82) is 0 Å². The van der Waals surface area contributed by atoms with E-state index in [-0.39, 0.29) is 0 Å². The van der Waals surface area contributed by atoms with Crippen molar-refractivity contribution >= 4 is 0 Å². The molecular weight excluding hydrogens is 110 g/mol. The van der Waals surface area contributed by atoms with E-state index in [1.54, 1.807) is 0 Å². The molecule has 0 amide bonds. The molecule has 1 nitrogen and oxygen atoms in total. The largest absolute Gasteiger partial charge is 0.330 e. The summed E-state index contributed by atoms with van der Waals surface area (Å²) in [6.45, 7) is 7.56. The second-order valence-electron chi connectivity index (χ2n) is 3.14. The third-order valence-electron chi connectivity index (χ3n) is 1.72. The van der Waals surface area contributed by atoms with Gasteiger partial charge in [0.25, 0.3) is 0 Å². The maximum absolute atomic E-state index is 5.53. The summed E-state index contributed by atoms with van der Waals surface area (Å²) in [5.74, 6) is 1.56. The molecule has 0 aromatic carbocycles. The van der Waals surface area contributed by atoms with E-state index in [4.69, 9.17) is 5.73 Å². The molecule has 0 aliphatic rings. The molecule has 2 N–H and O–H groups in total. The van der Waals surface area contributed by atoms with Gasteiger partial charge < -0.3 is 5.73 Å². The number of hydrogen-bond donors (Lipinski definition) is 1. The highest BCUT2D eigenvalue weighted by atomic mass is 14.5. The van der Waals surface area contributed by atoms with Gasteiger partial charge in [-0.2, -0.15) is 0 Å². The summed E-state index contributed by atoms with van der Waals surface area (Å²) < 4.78 is 0. The Bertz CT molecular complexity index is 55.6. The van der Waals surface area contributed by atoms with Crippen molar-refractivity contribution in [2.75, 3.05) is 6.54 Å². The predicted octanol–water partition coefficient (Wildman–Crippen LogP) is 2.02. The predicted molar refractivity (Wildman–Crippen MR) is 42.3 cm³/mol. The second-order valence-corrected chi connectivity index (χ2v) is 3.14. The number of rotatable bonds is 4. The van der Waals surface area contributed by atoms with Gasteiger partial charge in [-0.25, -0.2) is 0 Å². The quantitative estimate of drug-likeness (QED) is 0.617. The molecule has 0 aromatic rings. The van der Waals surface area contributed by atoms with E-state index in [0.717, 1.165) is 18.4 Å². The SMILES string of the molecule is CCC(CN)CC(C)C. The van der Waals surface area contributed by atoms with Crippen molar-refractivity contribution in [2.24, 2.45) is 17.6 Å². The van der Waals surface area contributed by atoms with Gasteiger partial charge in [-0.15, -0.1) is 0 Å². The Labute approximate surface area is 58.6 Å². The highest BCUT2D eigenvalue weighted by Crippen LogP contribution is 2.12. The van der Waals surface area contributed by atoms with Gasteiger partial charge in [0.05, 0.1) is 0 Å². The molecule has 0 saturated carbocycles. The van der Waals surface area contributed by atoms with E-state index in [9.17, 15) is 0 Å². The third kappa shape index (κ3) is 4.46. The van der Waals surface area contributed by atoms with Gasteiger partial charge in [-0.1, -0.05) is 27.2 Å². The fraction of sp³-hybridized carbons (Fsp3) is 1.00. The summed E-state index contributed by atoms with van der Waals surface area (Å²) in [7, 11) is 0. The molecule has 0 radical (unpaired) electrons. The van der Waals surface area contributed by atoms with E-state index < -0.39 is 0 Å². The van der Waals surface area contributed by atoms with Crippen molar-refractivity contribution < 1.29 is 0 Å². The van der Waals surface area contributed by atoms with Crippen LogP contribution < -0.4 is 5.73 Å². The minimum Gasteiger partial charge on any atom is -0.330 e. The van der Waals surface area contributed by atoms with Crippen LogP contribution in [0.25, 0.3) is 0 Å². The van der Waals surface area contributed by atoms with Gasteiger partial charge >= 0.3 is 0 Å². The summed E-state index contributed by atoms with van der Waals surface area (Å²) >= 11 is 0. The van der Waals surface area contributed by atoms with E-state index >= 15 is 0 Å². The molecule has 0 heterocycles. The van der Waals surface area contributed by atoms with Crippen molar-refractivity contribution in [3.05, 3.63) is 0 Å². The molecule has 56 valence electrons. The molecule has 0 fully saturated rings. The molecule has 9 heavy (non-hydrogen) atoms. The lowest BCUT2D eigenvalue weighted by Gasteiger charge is -2.13. The molecular formula is C8H19N. The van der Waals surface area contributed by atoms with Crippen LogP contribution in [-0.2, 0) is 0 Å². The van der Waals surface area contributed by atoms with Crippen molar-refractivity contribution in [2.45, 2.75) is 33.6 Å². The lowest BCUT2D eigenvalue weighted by atomic mass is 9.95. The lowest BCUT2D eigenvalue weighted by molar-refractivity contribution is 0.407. The first-order chi connectivity index (χ1) is 4.20. The Morgan fingerprint density at radius 1 is 1.33 bits per heavy atom. The molecule has 1 unspecified atom stereocenters. The summed E-state index contributed by atoms with van der Waals surface area (Å²) in [5, 5.41) is 0. The summed E-state index contributed by atoms with van der Waals surface area (Å²) in [6.07, 6.45) is 2.52. The number of nitrogens with two attached hydrogens (primary N) is 1. The smallest absolute Gasteiger partial charge is 0.00489 e. The van der Waals surface area contributed by atoms with Crippen LogP contribution in [-0.4, -0.2) is 6.54 Å². The maximum atomic E-state index is 5.53. The molecule has 1 atom stereocenters. The van der Waals surface area contributed by atoms with Crippen molar-refractivity contribution in [3.63, 3.8) is 0 Å². The van der Waals surface area contributed by atoms with Crippen LogP contribution in [0.5, 0.6) is 0 Å². The molecule has 0 saturated heterocycles. The Morgan fingerprint density at radius 2 is 1.89 bits per heavy atom. The summed E-state index contributed by atoms with van der Waals surface area (Å²) in [5.41, 5.74) is 5.53. The van der Waals surface area contributed by atoms with Gasteiger partial charge in [-0.05, 0) is 24.8 Å². The van der Waals surface area contributed by atoms with Crippen LogP contribution in [0.2, 0.25) is 0 Å². The van der Waals surface area contributed by atoms with Gasteiger partial charge in [0, 0.05) is 0 Å². The average molecular weight is 129 g/mol. The van der Waals surface area contributed by atoms with Crippen LogP contribution in [0.1, 0.15) is 33.6 Å². The zero-order chi connectivity index (χ0) is 7.28. The van der Waals surface area contributed by atoms with Crippen LogP contribution in [0.15, 0.2) is 0 Å². The van der Waals surface area contributed by atoms with Crippen LogP contribution in [0.4, 0.5) is 0 Å². The van der Waals surface area contributed by atoms with Crippen molar-refractivity contribution in [1.82, 2.24) is 0 Å². The van der Waals surface area contributed by atoms with E-state index in [2.05, 4.69) is 20.8 Å². The molecule has 0 rings (SSSR count). The lowest BCUT2D eigenvalue weighted by Crippen LogP contribution is -2.15. The van der Waals surface area contributed by atoms with E-state index in [0.29, 0.717) is 0 Å². The van der Waals surface area contributed by atoms with Crippen LogP contribution >= 0.6 is 0 Å². The third-order valence-corrected chi connectivity index (χ3v) is 1.72. The van der Waals surface area contributed by atoms with Gasteiger partial charge in [0.2, 0.25) is 0 Å². The maximum Gasteiger partial charge on any atom is -0.00489 e. The first kappa shape index (κ1) is 8.96. The fourth-order valence-corrected chi connectivity index (χ4v) is 1.10. The molecule has 0 aromatic heterocycles. The normalized spacial score (nSPS) is 14.3. The first-order valence-electron chi connectivity index (χ1n) is 3.90. The van der Waals surface area contributed by atoms with Crippen LogP contribution in [0, 0.1) is 11.8 Å². The Balaban J connectivity index is 3.31. The number of hydrogen-bond acceptors (Lipinski definition) is 1. The zero-order valence-corrected chi connectivity index (χ0v) is 6.85. The highest BCUT2D eigenvalue weighted by Gasteiger charge is 2.04. The fourth-order valence-electron chi connectivity index (χ4n) is 1.10. The second kappa shape index (κ2) is 4.80. The molecule has 1 heteroatoms. The highest BCUT2D eigenvalue weighted by molar-refractivity contribution is 4.59.